The number of aromatic hydroxyl groups is 1. The van der Waals surface area contributed by atoms with Crippen LogP contribution in [0.25, 0.3) is 0 Å². The Hall–Kier alpha value is -0.980. The Morgan fingerprint density at radius 2 is 1.74 bits per heavy atom. The molecule has 0 fully saturated rings. The Morgan fingerprint density at radius 3 is 2.21 bits per heavy atom. The molecule has 1 rings (SSSR count). The van der Waals surface area contributed by atoms with Crippen LogP contribution in [0.5, 0.6) is 5.75 Å². The van der Waals surface area contributed by atoms with Gasteiger partial charge in [-0.3, -0.25) is 0 Å². The van der Waals surface area contributed by atoms with Gasteiger partial charge >= 0.3 is 0 Å². The van der Waals surface area contributed by atoms with Gasteiger partial charge in [-0.05, 0) is 53.4 Å². The highest BCUT2D eigenvalue weighted by Gasteiger charge is 2.23. The van der Waals surface area contributed by atoms with Crippen LogP contribution in [-0.4, -0.2) is 5.11 Å². The SMILES string of the molecule is CCCC(C)(C)c1cc(O)c(CC(C)C)cc1CC. The van der Waals surface area contributed by atoms with Gasteiger partial charge in [0.2, 0.25) is 0 Å². The zero-order chi connectivity index (χ0) is 14.6. The lowest BCUT2D eigenvalue weighted by molar-refractivity contribution is 0.444. The molecule has 0 aliphatic rings. The highest BCUT2D eigenvalue weighted by Crippen LogP contribution is 2.36. The van der Waals surface area contributed by atoms with Gasteiger partial charge in [0.1, 0.15) is 5.75 Å². The fourth-order valence-electron chi connectivity index (χ4n) is 2.97. The van der Waals surface area contributed by atoms with Crippen molar-refractivity contribution in [3.8, 4) is 5.75 Å². The fraction of sp³-hybridized carbons (Fsp3) is 0.667. The largest absolute Gasteiger partial charge is 0.508 e. The summed E-state index contributed by atoms with van der Waals surface area (Å²) >= 11 is 0. The minimum Gasteiger partial charge on any atom is -0.508 e. The van der Waals surface area contributed by atoms with Crippen molar-refractivity contribution in [1.82, 2.24) is 0 Å². The molecule has 0 aliphatic heterocycles. The Balaban J connectivity index is 3.23. The third-order valence-electron chi connectivity index (χ3n) is 3.92. The van der Waals surface area contributed by atoms with Crippen LogP contribution in [0.1, 0.15) is 71.1 Å². The van der Waals surface area contributed by atoms with E-state index in [4.69, 9.17) is 0 Å². The van der Waals surface area contributed by atoms with Crippen LogP contribution in [0.2, 0.25) is 0 Å². The van der Waals surface area contributed by atoms with E-state index in [0.717, 1.165) is 24.8 Å². The van der Waals surface area contributed by atoms with Gasteiger partial charge in [0.25, 0.3) is 0 Å². The molecule has 1 N–H and O–H groups in total. The number of aryl methyl sites for hydroxylation is 1. The first-order chi connectivity index (χ1) is 8.81. The van der Waals surface area contributed by atoms with E-state index >= 15 is 0 Å². The second-order valence-corrected chi connectivity index (χ2v) is 6.72. The third-order valence-corrected chi connectivity index (χ3v) is 3.92. The zero-order valence-electron chi connectivity index (χ0n) is 13.5. The van der Waals surface area contributed by atoms with Gasteiger partial charge in [-0.2, -0.15) is 0 Å². The van der Waals surface area contributed by atoms with Gasteiger partial charge in [0.05, 0.1) is 0 Å². The van der Waals surface area contributed by atoms with Gasteiger partial charge in [-0.15, -0.1) is 0 Å². The Bertz CT molecular complexity index is 416. The average Bonchev–Trinajstić information content (AvgIpc) is 2.30. The van der Waals surface area contributed by atoms with Crippen molar-refractivity contribution in [3.05, 3.63) is 28.8 Å². The Morgan fingerprint density at radius 1 is 1.11 bits per heavy atom. The molecule has 0 radical (unpaired) electrons. The minimum absolute atomic E-state index is 0.147. The lowest BCUT2D eigenvalue weighted by atomic mass is 9.77. The molecular weight excluding hydrogens is 232 g/mol. The van der Waals surface area contributed by atoms with Crippen LogP contribution in [-0.2, 0) is 18.3 Å². The number of benzene rings is 1. The summed E-state index contributed by atoms with van der Waals surface area (Å²) in [6.07, 6.45) is 4.31. The van der Waals surface area contributed by atoms with Crippen molar-refractivity contribution >= 4 is 0 Å². The molecule has 0 aromatic heterocycles. The van der Waals surface area contributed by atoms with Gasteiger partial charge in [-0.1, -0.05) is 54.0 Å². The van der Waals surface area contributed by atoms with Crippen molar-refractivity contribution < 1.29 is 5.11 Å². The molecule has 0 atom stereocenters. The van der Waals surface area contributed by atoms with E-state index in [1.54, 1.807) is 0 Å². The predicted molar refractivity (Wildman–Crippen MR) is 84.0 cm³/mol. The number of phenols is 1. The third kappa shape index (κ3) is 3.99. The van der Waals surface area contributed by atoms with Crippen LogP contribution in [0, 0.1) is 5.92 Å². The molecule has 0 saturated carbocycles. The quantitative estimate of drug-likeness (QED) is 0.744. The summed E-state index contributed by atoms with van der Waals surface area (Å²) in [6, 6.07) is 4.24. The molecule has 1 aromatic rings. The first-order valence-electron chi connectivity index (χ1n) is 7.67. The molecule has 0 spiro atoms. The predicted octanol–water partition coefficient (Wildman–Crippen LogP) is 5.23. The zero-order valence-corrected chi connectivity index (χ0v) is 13.5. The van der Waals surface area contributed by atoms with Crippen molar-refractivity contribution in [1.29, 1.82) is 0 Å². The average molecular weight is 262 g/mol. The van der Waals surface area contributed by atoms with E-state index in [0.29, 0.717) is 11.7 Å². The summed E-state index contributed by atoms with van der Waals surface area (Å²) < 4.78 is 0. The maximum absolute atomic E-state index is 10.3. The van der Waals surface area contributed by atoms with Gasteiger partial charge in [0, 0.05) is 0 Å². The monoisotopic (exact) mass is 262 g/mol. The maximum atomic E-state index is 10.3. The lowest BCUT2D eigenvalue weighted by Gasteiger charge is -2.28. The summed E-state index contributed by atoms with van der Waals surface area (Å²) in [4.78, 5) is 0. The van der Waals surface area contributed by atoms with E-state index in [2.05, 4.69) is 47.6 Å². The topological polar surface area (TPSA) is 20.2 Å². The molecule has 0 bridgehead atoms. The van der Waals surface area contributed by atoms with Gasteiger partial charge < -0.3 is 5.11 Å². The highest BCUT2D eigenvalue weighted by molar-refractivity contribution is 5.45. The van der Waals surface area contributed by atoms with Crippen LogP contribution in [0.15, 0.2) is 12.1 Å². The van der Waals surface area contributed by atoms with Crippen LogP contribution < -0.4 is 0 Å². The van der Waals surface area contributed by atoms with Crippen molar-refractivity contribution in [2.24, 2.45) is 5.92 Å². The summed E-state index contributed by atoms with van der Waals surface area (Å²) in [5.41, 5.74) is 3.96. The van der Waals surface area contributed by atoms with E-state index in [1.165, 1.54) is 17.5 Å². The summed E-state index contributed by atoms with van der Waals surface area (Å²) in [5.74, 6) is 1.05. The lowest BCUT2D eigenvalue weighted by Crippen LogP contribution is -2.19. The molecule has 19 heavy (non-hydrogen) atoms. The van der Waals surface area contributed by atoms with E-state index < -0.39 is 0 Å². The van der Waals surface area contributed by atoms with Crippen LogP contribution in [0.3, 0.4) is 0 Å². The van der Waals surface area contributed by atoms with Gasteiger partial charge in [-0.25, -0.2) is 0 Å². The van der Waals surface area contributed by atoms with E-state index in [1.807, 2.05) is 6.07 Å². The Kier molecular flexibility index (Phi) is 5.46. The Labute approximate surface area is 119 Å². The first-order valence-corrected chi connectivity index (χ1v) is 7.67. The van der Waals surface area contributed by atoms with E-state index in [-0.39, 0.29) is 5.41 Å². The minimum atomic E-state index is 0.147. The summed E-state index contributed by atoms with van der Waals surface area (Å²) in [7, 11) is 0. The molecule has 0 heterocycles. The van der Waals surface area contributed by atoms with Crippen molar-refractivity contribution in [2.45, 2.75) is 72.6 Å². The second kappa shape index (κ2) is 6.45. The summed E-state index contributed by atoms with van der Waals surface area (Å²) in [5, 5.41) is 10.3. The molecule has 1 aromatic carbocycles. The maximum Gasteiger partial charge on any atom is 0.119 e. The molecule has 0 amide bonds. The number of rotatable bonds is 6. The molecule has 108 valence electrons. The highest BCUT2D eigenvalue weighted by atomic mass is 16.3. The number of hydrogen-bond donors (Lipinski definition) is 1. The van der Waals surface area contributed by atoms with Crippen molar-refractivity contribution in [2.75, 3.05) is 0 Å². The van der Waals surface area contributed by atoms with Crippen molar-refractivity contribution in [3.63, 3.8) is 0 Å². The standard InChI is InChI=1S/C18H30O/c1-7-9-18(5,6)16-12-17(19)15(10-13(3)4)11-14(16)8-2/h11-13,19H,7-10H2,1-6H3. The molecule has 0 unspecified atom stereocenters. The van der Waals surface area contributed by atoms with Crippen LogP contribution in [0.4, 0.5) is 0 Å². The smallest absolute Gasteiger partial charge is 0.119 e. The van der Waals surface area contributed by atoms with Crippen LogP contribution >= 0.6 is 0 Å². The molecule has 0 saturated heterocycles. The molecule has 0 aliphatic carbocycles. The molecular formula is C18H30O. The molecule has 1 heteroatoms. The number of phenolic OH excluding ortho intramolecular Hbond substituents is 1. The second-order valence-electron chi connectivity index (χ2n) is 6.72. The van der Waals surface area contributed by atoms with Gasteiger partial charge in [0.15, 0.2) is 0 Å². The number of hydrogen-bond acceptors (Lipinski definition) is 1. The molecule has 1 nitrogen and oxygen atoms in total. The fourth-order valence-corrected chi connectivity index (χ4v) is 2.97. The normalized spacial score (nSPS) is 12.2. The van der Waals surface area contributed by atoms with E-state index in [9.17, 15) is 5.11 Å². The summed E-state index contributed by atoms with van der Waals surface area (Å²) in [6.45, 7) is 13.4. The first kappa shape index (κ1) is 16.1.